The summed E-state index contributed by atoms with van der Waals surface area (Å²) in [5.41, 5.74) is 0. The maximum atomic E-state index is 11.1. The van der Waals surface area contributed by atoms with E-state index in [4.69, 9.17) is 33.0 Å². The van der Waals surface area contributed by atoms with E-state index in [0.29, 0.717) is 10.0 Å². The van der Waals surface area contributed by atoms with Crippen molar-refractivity contribution >= 4 is 29.3 Å². The smallest absolute Gasteiger partial charge is 0.410 e. The fourth-order valence-electron chi connectivity index (χ4n) is 0.889. The van der Waals surface area contributed by atoms with Gasteiger partial charge in [-0.1, -0.05) is 23.2 Å². The largest absolute Gasteiger partial charge is 0.412 e. The Hall–Kier alpha value is -0.970. The van der Waals surface area contributed by atoms with Crippen molar-refractivity contribution in [3.8, 4) is 5.75 Å². The molecule has 0 saturated heterocycles. The van der Waals surface area contributed by atoms with Crippen LogP contribution in [0.1, 0.15) is 0 Å². The van der Waals surface area contributed by atoms with Crippen LogP contribution in [-0.2, 0) is 0 Å². The van der Waals surface area contributed by atoms with Crippen LogP contribution in [0, 0.1) is 0 Å². The minimum atomic E-state index is -0.664. The van der Waals surface area contributed by atoms with Crippen molar-refractivity contribution in [2.75, 3.05) is 13.2 Å². The molecule has 0 bridgehead atoms. The molecular formula is C9H9Cl2NO3. The first-order chi connectivity index (χ1) is 7.11. The number of aliphatic hydroxyl groups excluding tert-OH is 1. The molecule has 0 radical (unpaired) electrons. The molecule has 0 fully saturated rings. The van der Waals surface area contributed by atoms with Crippen molar-refractivity contribution in [1.29, 1.82) is 0 Å². The SMILES string of the molecule is O=C(NCCO)Oc1cc(Cl)cc(Cl)c1. The summed E-state index contributed by atoms with van der Waals surface area (Å²) in [7, 11) is 0. The van der Waals surface area contributed by atoms with Gasteiger partial charge in [-0.2, -0.15) is 0 Å². The minimum Gasteiger partial charge on any atom is -0.410 e. The number of hydrogen-bond donors (Lipinski definition) is 2. The van der Waals surface area contributed by atoms with E-state index in [1.807, 2.05) is 0 Å². The second-order valence-corrected chi connectivity index (χ2v) is 3.52. The van der Waals surface area contributed by atoms with E-state index >= 15 is 0 Å². The minimum absolute atomic E-state index is 0.132. The standard InChI is InChI=1S/C9H9Cl2NO3/c10-6-3-7(11)5-8(4-6)15-9(14)12-1-2-13/h3-5,13H,1-2H2,(H,12,14). The highest BCUT2D eigenvalue weighted by Gasteiger charge is 2.05. The van der Waals surface area contributed by atoms with Crippen LogP contribution in [0.5, 0.6) is 5.75 Å². The van der Waals surface area contributed by atoms with Crippen molar-refractivity contribution in [1.82, 2.24) is 5.32 Å². The van der Waals surface area contributed by atoms with Gasteiger partial charge in [0.05, 0.1) is 6.61 Å². The predicted octanol–water partition coefficient (Wildman–Crippen LogP) is 2.07. The number of nitrogens with one attached hydrogen (secondary N) is 1. The Morgan fingerprint density at radius 2 is 1.93 bits per heavy atom. The van der Waals surface area contributed by atoms with Crippen LogP contribution in [0.2, 0.25) is 10.0 Å². The number of amides is 1. The molecule has 4 nitrogen and oxygen atoms in total. The van der Waals surface area contributed by atoms with Gasteiger partial charge in [-0.15, -0.1) is 0 Å². The number of carbonyl (C=O) groups excluding carboxylic acids is 1. The van der Waals surface area contributed by atoms with Gasteiger partial charge in [0.25, 0.3) is 0 Å². The van der Waals surface area contributed by atoms with Crippen molar-refractivity contribution in [2.45, 2.75) is 0 Å². The molecule has 0 heterocycles. The number of aliphatic hydroxyl groups is 1. The number of carbonyl (C=O) groups is 1. The number of rotatable bonds is 3. The molecule has 15 heavy (non-hydrogen) atoms. The van der Waals surface area contributed by atoms with Gasteiger partial charge in [0.2, 0.25) is 0 Å². The molecule has 1 aromatic rings. The first-order valence-electron chi connectivity index (χ1n) is 4.14. The van der Waals surface area contributed by atoms with Crippen molar-refractivity contribution in [3.63, 3.8) is 0 Å². The van der Waals surface area contributed by atoms with E-state index in [-0.39, 0.29) is 18.9 Å². The molecule has 0 unspecified atom stereocenters. The van der Waals surface area contributed by atoms with Crippen LogP contribution in [-0.4, -0.2) is 24.4 Å². The van der Waals surface area contributed by atoms with Crippen LogP contribution in [0.15, 0.2) is 18.2 Å². The lowest BCUT2D eigenvalue weighted by atomic mass is 10.3. The number of ether oxygens (including phenoxy) is 1. The zero-order valence-electron chi connectivity index (χ0n) is 7.67. The predicted molar refractivity (Wildman–Crippen MR) is 57.6 cm³/mol. The summed E-state index contributed by atoms with van der Waals surface area (Å²) in [6.45, 7) is -0.0153. The Morgan fingerprint density at radius 1 is 1.33 bits per heavy atom. The molecule has 1 rings (SSSR count). The van der Waals surface area contributed by atoms with Crippen molar-refractivity contribution < 1.29 is 14.6 Å². The van der Waals surface area contributed by atoms with Gasteiger partial charge in [-0.3, -0.25) is 0 Å². The number of benzene rings is 1. The zero-order valence-corrected chi connectivity index (χ0v) is 9.18. The highest BCUT2D eigenvalue weighted by Crippen LogP contribution is 2.24. The highest BCUT2D eigenvalue weighted by molar-refractivity contribution is 6.34. The van der Waals surface area contributed by atoms with E-state index in [1.54, 1.807) is 0 Å². The maximum absolute atomic E-state index is 11.1. The molecule has 2 N–H and O–H groups in total. The second kappa shape index (κ2) is 5.80. The lowest BCUT2D eigenvalue weighted by Gasteiger charge is -2.05. The van der Waals surface area contributed by atoms with Crippen LogP contribution >= 0.6 is 23.2 Å². The lowest BCUT2D eigenvalue weighted by molar-refractivity contribution is 0.195. The van der Waals surface area contributed by atoms with Gasteiger partial charge in [0, 0.05) is 16.6 Å². The number of halogens is 2. The van der Waals surface area contributed by atoms with Crippen LogP contribution < -0.4 is 10.1 Å². The Balaban J connectivity index is 2.60. The first kappa shape index (κ1) is 12.1. The van der Waals surface area contributed by atoms with Crippen LogP contribution in [0.3, 0.4) is 0 Å². The van der Waals surface area contributed by atoms with Gasteiger partial charge in [-0.25, -0.2) is 4.79 Å². The summed E-state index contributed by atoms with van der Waals surface area (Å²) in [4.78, 5) is 11.1. The molecule has 0 aliphatic rings. The summed E-state index contributed by atoms with van der Waals surface area (Å²) in [5.74, 6) is 0.253. The highest BCUT2D eigenvalue weighted by atomic mass is 35.5. The topological polar surface area (TPSA) is 58.6 Å². The molecule has 0 aliphatic carbocycles. The van der Waals surface area contributed by atoms with E-state index < -0.39 is 6.09 Å². The molecule has 0 aromatic heterocycles. The van der Waals surface area contributed by atoms with Crippen molar-refractivity contribution in [3.05, 3.63) is 28.2 Å². The third-order valence-corrected chi connectivity index (χ3v) is 1.86. The summed E-state index contributed by atoms with van der Waals surface area (Å²) in [6, 6.07) is 4.46. The van der Waals surface area contributed by atoms with E-state index in [0.717, 1.165) is 0 Å². The third-order valence-electron chi connectivity index (χ3n) is 1.43. The molecule has 0 aliphatic heterocycles. The fourth-order valence-corrected chi connectivity index (χ4v) is 1.39. The Morgan fingerprint density at radius 3 is 2.47 bits per heavy atom. The summed E-state index contributed by atoms with van der Waals surface area (Å²) in [6.07, 6.45) is -0.664. The second-order valence-electron chi connectivity index (χ2n) is 2.65. The van der Waals surface area contributed by atoms with Crippen LogP contribution in [0.25, 0.3) is 0 Å². The van der Waals surface area contributed by atoms with Gasteiger partial charge < -0.3 is 15.2 Å². The quantitative estimate of drug-likeness (QED) is 0.863. The maximum Gasteiger partial charge on any atom is 0.412 e. The Bertz CT molecular complexity index is 337. The Labute approximate surface area is 96.8 Å². The van der Waals surface area contributed by atoms with Crippen LogP contribution in [0.4, 0.5) is 4.79 Å². The molecule has 82 valence electrons. The zero-order chi connectivity index (χ0) is 11.3. The van der Waals surface area contributed by atoms with Gasteiger partial charge in [-0.05, 0) is 18.2 Å². The summed E-state index contributed by atoms with van der Waals surface area (Å²) < 4.78 is 4.85. The van der Waals surface area contributed by atoms with E-state index in [9.17, 15) is 4.79 Å². The monoisotopic (exact) mass is 249 g/mol. The third kappa shape index (κ3) is 4.38. The fraction of sp³-hybridized carbons (Fsp3) is 0.222. The first-order valence-corrected chi connectivity index (χ1v) is 4.90. The van der Waals surface area contributed by atoms with E-state index in [1.165, 1.54) is 18.2 Å². The molecule has 1 aromatic carbocycles. The Kier molecular flexibility index (Phi) is 4.68. The van der Waals surface area contributed by atoms with Gasteiger partial charge >= 0.3 is 6.09 Å². The molecule has 1 amide bonds. The molecule has 6 heteroatoms. The van der Waals surface area contributed by atoms with Gasteiger partial charge in [0.1, 0.15) is 5.75 Å². The molecule has 0 atom stereocenters. The number of hydrogen-bond acceptors (Lipinski definition) is 3. The van der Waals surface area contributed by atoms with Gasteiger partial charge in [0.15, 0.2) is 0 Å². The van der Waals surface area contributed by atoms with E-state index in [2.05, 4.69) is 5.32 Å². The lowest BCUT2D eigenvalue weighted by Crippen LogP contribution is -2.29. The average molecular weight is 250 g/mol. The van der Waals surface area contributed by atoms with Crippen molar-refractivity contribution in [2.24, 2.45) is 0 Å². The molecule has 0 spiro atoms. The average Bonchev–Trinajstić information content (AvgIpc) is 2.13. The summed E-state index contributed by atoms with van der Waals surface area (Å²) in [5, 5.41) is 11.5. The molecule has 0 saturated carbocycles. The summed E-state index contributed by atoms with van der Waals surface area (Å²) >= 11 is 11.4. The molecular weight excluding hydrogens is 241 g/mol. The normalized spacial score (nSPS) is 9.80.